The first-order valence-corrected chi connectivity index (χ1v) is 14.6. The maximum atomic E-state index is 11.7. The lowest BCUT2D eigenvalue weighted by atomic mass is 9.80. The van der Waals surface area contributed by atoms with E-state index in [-0.39, 0.29) is 17.8 Å². The molecule has 0 radical (unpaired) electrons. The summed E-state index contributed by atoms with van der Waals surface area (Å²) in [6.45, 7) is 9.47. The highest BCUT2D eigenvalue weighted by Gasteiger charge is 2.32. The Kier molecular flexibility index (Phi) is 7.24. The highest BCUT2D eigenvalue weighted by atomic mass is 16.5. The van der Waals surface area contributed by atoms with Crippen LogP contribution in [0.15, 0.2) is 9.32 Å². The Bertz CT molecular complexity index is 1300. The predicted molar refractivity (Wildman–Crippen MR) is 145 cm³/mol. The smallest absolute Gasteiger partial charge is 0.381 e. The molecule has 3 aliphatic rings. The number of hydrogen-bond donors (Lipinski definition) is 2. The van der Waals surface area contributed by atoms with Crippen molar-refractivity contribution < 1.29 is 9.26 Å². The van der Waals surface area contributed by atoms with E-state index >= 15 is 0 Å². The van der Waals surface area contributed by atoms with Gasteiger partial charge in [0.25, 0.3) is 0 Å². The second-order valence-corrected chi connectivity index (χ2v) is 12.1. The van der Waals surface area contributed by atoms with Gasteiger partial charge in [0, 0.05) is 31.7 Å². The van der Waals surface area contributed by atoms with Gasteiger partial charge in [-0.25, -0.2) is 19.7 Å². The number of fused-ring (bicyclic) bond motifs is 1. The van der Waals surface area contributed by atoms with Crippen LogP contribution >= 0.6 is 0 Å². The molecule has 206 valence electrons. The number of aromatic amines is 1. The molecule has 10 nitrogen and oxygen atoms in total. The fourth-order valence-electron chi connectivity index (χ4n) is 6.59. The molecule has 2 aliphatic carbocycles. The molecule has 0 bridgehead atoms. The molecular formula is C28H41N7O3. The van der Waals surface area contributed by atoms with Crippen molar-refractivity contribution in [1.29, 1.82) is 0 Å². The van der Waals surface area contributed by atoms with Crippen molar-refractivity contribution in [2.75, 3.05) is 18.5 Å². The normalized spacial score (nSPS) is 24.8. The summed E-state index contributed by atoms with van der Waals surface area (Å²) >= 11 is 0. The molecule has 1 saturated heterocycles. The molecule has 4 heterocycles. The van der Waals surface area contributed by atoms with E-state index in [0.29, 0.717) is 29.2 Å². The Balaban J connectivity index is 1.46. The summed E-state index contributed by atoms with van der Waals surface area (Å²) in [6, 6.07) is 0.279. The molecule has 3 aromatic rings. The fourth-order valence-corrected chi connectivity index (χ4v) is 6.59. The van der Waals surface area contributed by atoms with Crippen LogP contribution in [-0.2, 0) is 11.3 Å². The van der Waals surface area contributed by atoms with Crippen molar-refractivity contribution in [2.24, 2.45) is 23.7 Å². The molecule has 2 atom stereocenters. The van der Waals surface area contributed by atoms with Gasteiger partial charge in [-0.1, -0.05) is 38.3 Å². The van der Waals surface area contributed by atoms with Gasteiger partial charge in [-0.15, -0.1) is 0 Å². The zero-order valence-electron chi connectivity index (χ0n) is 22.9. The number of H-pyrrole nitrogens is 1. The highest BCUT2D eigenvalue weighted by Crippen LogP contribution is 2.38. The molecule has 10 heteroatoms. The monoisotopic (exact) mass is 523 g/mol. The zero-order valence-corrected chi connectivity index (χ0v) is 22.9. The van der Waals surface area contributed by atoms with Crippen LogP contribution in [0.25, 0.3) is 22.8 Å². The van der Waals surface area contributed by atoms with Crippen LogP contribution in [0.1, 0.15) is 90.3 Å². The number of imidazole rings is 1. The zero-order chi connectivity index (χ0) is 26.2. The quantitative estimate of drug-likeness (QED) is 0.417. The minimum absolute atomic E-state index is 0.228. The molecule has 1 unspecified atom stereocenters. The molecule has 0 spiro atoms. The summed E-state index contributed by atoms with van der Waals surface area (Å²) in [5.74, 6) is 4.66. The van der Waals surface area contributed by atoms with E-state index in [9.17, 15) is 4.79 Å². The standard InChI is InChI=1S/C28H41N7O3/c1-16-7-9-19(10-8-16)15-35-22-23(29-18(3)21-5-4-6-21)30-25(26-33-28(36)38-34-26)31-24(22)32-27(35)17(2)20-11-13-37-14-12-20/h16-21H,4-15H2,1-3H3,(H,29,30,31)(H,33,34,36)/t16-,17?,18-,19-/m1/s1. The van der Waals surface area contributed by atoms with Gasteiger partial charge in [-0.05, 0) is 69.1 Å². The van der Waals surface area contributed by atoms with Gasteiger partial charge in [0.15, 0.2) is 11.5 Å². The van der Waals surface area contributed by atoms with Crippen molar-refractivity contribution in [1.82, 2.24) is 29.7 Å². The van der Waals surface area contributed by atoms with Crippen LogP contribution in [0.4, 0.5) is 5.82 Å². The van der Waals surface area contributed by atoms with E-state index in [0.717, 1.165) is 55.7 Å². The summed E-state index contributed by atoms with van der Waals surface area (Å²) in [5.41, 5.74) is 1.62. The summed E-state index contributed by atoms with van der Waals surface area (Å²) < 4.78 is 12.9. The number of anilines is 1. The second-order valence-electron chi connectivity index (χ2n) is 12.1. The summed E-state index contributed by atoms with van der Waals surface area (Å²) in [4.78, 5) is 29.2. The van der Waals surface area contributed by atoms with Gasteiger partial charge in [0.1, 0.15) is 11.3 Å². The first kappa shape index (κ1) is 25.5. The Morgan fingerprint density at radius 3 is 2.42 bits per heavy atom. The lowest BCUT2D eigenvalue weighted by Crippen LogP contribution is -2.31. The number of nitrogens with zero attached hydrogens (tertiary/aromatic N) is 5. The van der Waals surface area contributed by atoms with E-state index in [1.807, 2.05) is 0 Å². The van der Waals surface area contributed by atoms with Crippen LogP contribution in [0.5, 0.6) is 0 Å². The van der Waals surface area contributed by atoms with Gasteiger partial charge >= 0.3 is 5.76 Å². The lowest BCUT2D eigenvalue weighted by molar-refractivity contribution is 0.0583. The van der Waals surface area contributed by atoms with Crippen LogP contribution in [-0.4, -0.2) is 48.9 Å². The van der Waals surface area contributed by atoms with Crippen molar-refractivity contribution in [3.8, 4) is 11.6 Å². The van der Waals surface area contributed by atoms with E-state index in [4.69, 9.17) is 24.2 Å². The van der Waals surface area contributed by atoms with Crippen LogP contribution in [0, 0.1) is 23.7 Å². The van der Waals surface area contributed by atoms with Crippen LogP contribution in [0.2, 0.25) is 0 Å². The van der Waals surface area contributed by atoms with Gasteiger partial charge in [-0.3, -0.25) is 9.51 Å². The van der Waals surface area contributed by atoms with Gasteiger partial charge in [-0.2, -0.15) is 0 Å². The largest absolute Gasteiger partial charge is 0.439 e. The summed E-state index contributed by atoms with van der Waals surface area (Å²) in [5, 5.41) is 7.61. The molecular weight excluding hydrogens is 482 g/mol. The van der Waals surface area contributed by atoms with Gasteiger partial charge < -0.3 is 14.6 Å². The third-order valence-electron chi connectivity index (χ3n) is 9.46. The van der Waals surface area contributed by atoms with E-state index in [1.54, 1.807) is 0 Å². The molecule has 3 fully saturated rings. The Labute approximate surface area is 223 Å². The number of hydrogen-bond acceptors (Lipinski definition) is 8. The van der Waals surface area contributed by atoms with Crippen molar-refractivity contribution in [3.63, 3.8) is 0 Å². The van der Waals surface area contributed by atoms with Crippen LogP contribution < -0.4 is 11.1 Å². The number of rotatable bonds is 8. The van der Waals surface area contributed by atoms with Crippen molar-refractivity contribution in [3.05, 3.63) is 16.4 Å². The average Bonchev–Trinajstić information content (AvgIpc) is 3.48. The molecule has 2 saturated carbocycles. The lowest BCUT2D eigenvalue weighted by Gasteiger charge is -2.33. The van der Waals surface area contributed by atoms with E-state index in [2.05, 4.69) is 40.8 Å². The topological polar surface area (TPSA) is 124 Å². The predicted octanol–water partition coefficient (Wildman–Crippen LogP) is 5.13. The van der Waals surface area contributed by atoms with E-state index < -0.39 is 5.76 Å². The molecule has 0 aromatic carbocycles. The minimum atomic E-state index is -0.619. The number of ether oxygens (including phenoxy) is 1. The summed E-state index contributed by atoms with van der Waals surface area (Å²) in [7, 11) is 0. The van der Waals surface area contributed by atoms with Gasteiger partial charge in [0.2, 0.25) is 11.6 Å². The van der Waals surface area contributed by atoms with Crippen molar-refractivity contribution in [2.45, 2.75) is 97.1 Å². The first-order chi connectivity index (χ1) is 18.5. The van der Waals surface area contributed by atoms with E-state index in [1.165, 1.54) is 44.9 Å². The van der Waals surface area contributed by atoms with Crippen LogP contribution in [0.3, 0.4) is 0 Å². The maximum Gasteiger partial charge on any atom is 0.439 e. The third kappa shape index (κ3) is 5.11. The third-order valence-corrected chi connectivity index (χ3v) is 9.46. The number of nitrogens with one attached hydrogen (secondary N) is 2. The molecule has 0 amide bonds. The van der Waals surface area contributed by atoms with Crippen molar-refractivity contribution >= 4 is 17.0 Å². The minimum Gasteiger partial charge on any atom is -0.381 e. The molecule has 3 aromatic heterocycles. The Morgan fingerprint density at radius 2 is 1.76 bits per heavy atom. The highest BCUT2D eigenvalue weighted by molar-refractivity contribution is 5.85. The van der Waals surface area contributed by atoms with Gasteiger partial charge in [0.05, 0.1) is 0 Å². The SMILES string of the molecule is CC(c1nc2nc(-c3noc(=O)[nH]3)nc(N[C@H](C)C3CCC3)c2n1C[C@H]1CC[C@H](C)CC1)C1CCOCC1. The molecule has 2 N–H and O–H groups in total. The Morgan fingerprint density at radius 1 is 1.00 bits per heavy atom. The first-order valence-electron chi connectivity index (χ1n) is 14.6. The summed E-state index contributed by atoms with van der Waals surface area (Å²) in [6.07, 6.45) is 10.9. The molecule has 1 aliphatic heterocycles. The molecule has 38 heavy (non-hydrogen) atoms. The Hall–Kier alpha value is -2.75. The maximum absolute atomic E-state index is 11.7. The second kappa shape index (κ2) is 10.8. The average molecular weight is 524 g/mol. The fraction of sp³-hybridized carbons (Fsp3) is 0.750. The molecule has 6 rings (SSSR count). The number of aromatic nitrogens is 6.